The average molecular weight is 394 g/mol. The Labute approximate surface area is 171 Å². The molecule has 1 aromatic heterocycles. The first-order valence-electron chi connectivity index (χ1n) is 9.63. The van der Waals surface area contributed by atoms with Crippen LogP contribution in [0.25, 0.3) is 11.3 Å². The number of likely N-dealkylation sites (N-methyl/N-ethyl adjacent to an activating group) is 1. The quantitative estimate of drug-likeness (QED) is 0.544. The Morgan fingerprint density at radius 3 is 2.48 bits per heavy atom. The van der Waals surface area contributed by atoms with Gasteiger partial charge in [0.05, 0.1) is 7.11 Å². The molecule has 1 amide bonds. The van der Waals surface area contributed by atoms with Crippen molar-refractivity contribution < 1.29 is 18.8 Å². The normalized spacial score (nSPS) is 11.7. The van der Waals surface area contributed by atoms with Crippen molar-refractivity contribution in [2.45, 2.75) is 25.9 Å². The molecule has 152 valence electrons. The number of rotatable bonds is 9. The summed E-state index contributed by atoms with van der Waals surface area (Å²) < 4.78 is 16.3. The van der Waals surface area contributed by atoms with E-state index in [2.05, 4.69) is 5.16 Å². The van der Waals surface area contributed by atoms with Crippen molar-refractivity contribution in [2.75, 3.05) is 20.7 Å². The second kappa shape index (κ2) is 9.78. The molecule has 6 heteroatoms. The average Bonchev–Trinajstić information content (AvgIpc) is 3.23. The maximum absolute atomic E-state index is 12.5. The monoisotopic (exact) mass is 394 g/mol. The van der Waals surface area contributed by atoms with Crippen LogP contribution in [0.1, 0.15) is 19.1 Å². The lowest BCUT2D eigenvalue weighted by Gasteiger charge is -2.22. The van der Waals surface area contributed by atoms with Crippen molar-refractivity contribution in [2.24, 2.45) is 0 Å². The molecule has 0 unspecified atom stereocenters. The number of carbonyl (C=O) groups excluding carboxylic acids is 1. The number of benzene rings is 2. The summed E-state index contributed by atoms with van der Waals surface area (Å²) in [6.45, 7) is 2.36. The van der Waals surface area contributed by atoms with E-state index in [1.54, 1.807) is 50.2 Å². The minimum atomic E-state index is -0.566. The molecular formula is C23H26N2O4. The zero-order valence-corrected chi connectivity index (χ0v) is 17.0. The molecule has 1 atom stereocenters. The molecule has 0 aliphatic heterocycles. The highest BCUT2D eigenvalue weighted by Crippen LogP contribution is 2.20. The first-order valence-corrected chi connectivity index (χ1v) is 9.63. The van der Waals surface area contributed by atoms with E-state index in [1.807, 2.05) is 36.4 Å². The number of methoxy groups -OCH3 is 1. The van der Waals surface area contributed by atoms with Crippen molar-refractivity contribution in [1.82, 2.24) is 10.1 Å². The Morgan fingerprint density at radius 2 is 1.79 bits per heavy atom. The van der Waals surface area contributed by atoms with Gasteiger partial charge in [-0.25, -0.2) is 0 Å². The number of amides is 1. The van der Waals surface area contributed by atoms with Crippen LogP contribution < -0.4 is 9.47 Å². The second-order valence-corrected chi connectivity index (χ2v) is 6.84. The molecule has 3 rings (SSSR count). The fourth-order valence-electron chi connectivity index (χ4n) is 3.00. The zero-order chi connectivity index (χ0) is 20.6. The molecule has 0 N–H and O–H groups in total. The lowest BCUT2D eigenvalue weighted by Crippen LogP contribution is -2.38. The summed E-state index contributed by atoms with van der Waals surface area (Å²) in [5.41, 5.74) is 1.85. The van der Waals surface area contributed by atoms with E-state index in [0.717, 1.165) is 29.2 Å². The predicted molar refractivity (Wildman–Crippen MR) is 111 cm³/mol. The summed E-state index contributed by atoms with van der Waals surface area (Å²) in [5.74, 6) is 2.13. The third-order valence-electron chi connectivity index (χ3n) is 4.64. The minimum absolute atomic E-state index is 0.0663. The van der Waals surface area contributed by atoms with Crippen LogP contribution in [-0.4, -0.2) is 42.8 Å². The van der Waals surface area contributed by atoms with Gasteiger partial charge in [-0.15, -0.1) is 0 Å². The Hall–Kier alpha value is -3.28. The van der Waals surface area contributed by atoms with Gasteiger partial charge in [0, 0.05) is 31.6 Å². The molecule has 29 heavy (non-hydrogen) atoms. The van der Waals surface area contributed by atoms with Gasteiger partial charge in [-0.05, 0) is 37.6 Å². The number of hydrogen-bond acceptors (Lipinski definition) is 5. The molecule has 0 saturated heterocycles. The minimum Gasteiger partial charge on any atom is -0.497 e. The van der Waals surface area contributed by atoms with Crippen LogP contribution in [0, 0.1) is 0 Å². The van der Waals surface area contributed by atoms with Gasteiger partial charge in [0.2, 0.25) is 0 Å². The summed E-state index contributed by atoms with van der Waals surface area (Å²) in [7, 11) is 3.39. The highest BCUT2D eigenvalue weighted by Gasteiger charge is 2.19. The molecule has 0 radical (unpaired) electrons. The van der Waals surface area contributed by atoms with Gasteiger partial charge in [0.15, 0.2) is 6.10 Å². The number of carbonyl (C=O) groups is 1. The van der Waals surface area contributed by atoms with Crippen molar-refractivity contribution in [3.8, 4) is 22.8 Å². The maximum atomic E-state index is 12.5. The molecular weight excluding hydrogens is 368 g/mol. The highest BCUT2D eigenvalue weighted by atomic mass is 16.5. The molecule has 0 aliphatic rings. The van der Waals surface area contributed by atoms with Crippen molar-refractivity contribution >= 4 is 5.91 Å². The summed E-state index contributed by atoms with van der Waals surface area (Å²) in [6, 6.07) is 19.0. The van der Waals surface area contributed by atoms with Gasteiger partial charge in [0.1, 0.15) is 23.0 Å². The van der Waals surface area contributed by atoms with Crippen LogP contribution in [0.2, 0.25) is 0 Å². The van der Waals surface area contributed by atoms with Gasteiger partial charge in [0.25, 0.3) is 5.91 Å². The smallest absolute Gasteiger partial charge is 0.263 e. The topological polar surface area (TPSA) is 64.8 Å². The molecule has 0 bridgehead atoms. The first-order chi connectivity index (χ1) is 14.1. The molecule has 0 fully saturated rings. The lowest BCUT2D eigenvalue weighted by atomic mass is 10.1. The van der Waals surface area contributed by atoms with Gasteiger partial charge >= 0.3 is 0 Å². The Bertz CT molecular complexity index is 906. The van der Waals surface area contributed by atoms with E-state index in [9.17, 15) is 4.79 Å². The number of nitrogens with zero attached hydrogens (tertiary/aromatic N) is 2. The summed E-state index contributed by atoms with van der Waals surface area (Å²) in [6.07, 6.45) is 0.926. The third kappa shape index (κ3) is 5.60. The van der Waals surface area contributed by atoms with Crippen LogP contribution in [0.15, 0.2) is 65.2 Å². The molecule has 3 aromatic rings. The van der Waals surface area contributed by atoms with Crippen LogP contribution in [0.3, 0.4) is 0 Å². The van der Waals surface area contributed by atoms with Crippen LogP contribution in [0.5, 0.6) is 11.5 Å². The van der Waals surface area contributed by atoms with Gasteiger partial charge in [-0.1, -0.05) is 35.5 Å². The van der Waals surface area contributed by atoms with Gasteiger partial charge < -0.3 is 18.9 Å². The van der Waals surface area contributed by atoms with Crippen molar-refractivity contribution in [3.05, 3.63) is 66.4 Å². The Balaban J connectivity index is 1.45. The van der Waals surface area contributed by atoms with Crippen LogP contribution in [-0.2, 0) is 11.2 Å². The maximum Gasteiger partial charge on any atom is 0.263 e. The SMILES string of the molecule is COc1ccc(O[C@@H](C)C(=O)N(C)CCCc2cc(-c3ccccc3)no2)cc1. The largest absolute Gasteiger partial charge is 0.497 e. The second-order valence-electron chi connectivity index (χ2n) is 6.84. The molecule has 6 nitrogen and oxygen atoms in total. The zero-order valence-electron chi connectivity index (χ0n) is 17.0. The van der Waals surface area contributed by atoms with Crippen molar-refractivity contribution in [3.63, 3.8) is 0 Å². The van der Waals surface area contributed by atoms with E-state index < -0.39 is 6.10 Å². The summed E-state index contributed by atoms with van der Waals surface area (Å²) in [5, 5.41) is 4.12. The standard InChI is InChI=1S/C23H26N2O4/c1-17(28-20-13-11-19(27-3)12-14-20)23(26)25(2)15-7-10-21-16-22(24-29-21)18-8-5-4-6-9-18/h4-6,8-9,11-14,16-17H,7,10,15H2,1-3H3/t17-/m0/s1. The van der Waals surface area contributed by atoms with Crippen molar-refractivity contribution in [1.29, 1.82) is 0 Å². The van der Waals surface area contributed by atoms with E-state index in [0.29, 0.717) is 18.7 Å². The summed E-state index contributed by atoms with van der Waals surface area (Å²) >= 11 is 0. The first kappa shape index (κ1) is 20.5. The van der Waals surface area contributed by atoms with Crippen LogP contribution in [0.4, 0.5) is 0 Å². The highest BCUT2D eigenvalue weighted by molar-refractivity contribution is 5.80. The van der Waals surface area contributed by atoms with Gasteiger partial charge in [-0.2, -0.15) is 0 Å². The number of ether oxygens (including phenoxy) is 2. The molecule has 0 saturated carbocycles. The molecule has 2 aromatic carbocycles. The van der Waals surface area contributed by atoms with E-state index >= 15 is 0 Å². The van der Waals surface area contributed by atoms with Gasteiger partial charge in [-0.3, -0.25) is 4.79 Å². The van der Waals surface area contributed by atoms with E-state index in [1.165, 1.54) is 0 Å². The molecule has 1 heterocycles. The van der Waals surface area contributed by atoms with Crippen LogP contribution >= 0.6 is 0 Å². The summed E-state index contributed by atoms with van der Waals surface area (Å²) in [4.78, 5) is 14.2. The molecule has 0 aliphatic carbocycles. The Morgan fingerprint density at radius 1 is 1.10 bits per heavy atom. The number of hydrogen-bond donors (Lipinski definition) is 0. The molecule has 0 spiro atoms. The fraction of sp³-hybridized carbons (Fsp3) is 0.304. The predicted octanol–water partition coefficient (Wildman–Crippen LogP) is 4.21. The lowest BCUT2D eigenvalue weighted by molar-refractivity contribution is -0.136. The third-order valence-corrected chi connectivity index (χ3v) is 4.64. The van der Waals surface area contributed by atoms with E-state index in [-0.39, 0.29) is 5.91 Å². The fourth-order valence-corrected chi connectivity index (χ4v) is 3.00. The number of aromatic nitrogens is 1. The Kier molecular flexibility index (Phi) is 6.89. The number of aryl methyl sites for hydroxylation is 1. The van der Waals surface area contributed by atoms with E-state index in [4.69, 9.17) is 14.0 Å².